The summed E-state index contributed by atoms with van der Waals surface area (Å²) in [5, 5.41) is 3.22. The fourth-order valence-corrected chi connectivity index (χ4v) is 6.86. The SMILES string of the molecule is Cc1cc(N(CC(=O)N(Cc2cccc(Br)c2)[C@@H](Cc2ccccc2)C(=O)NC2CCCCC2)S(C)(=O)=O)ccc1Br. The average molecular weight is 720 g/mol. The number of nitrogens with zero attached hydrogens (tertiary/aromatic N) is 2. The van der Waals surface area contributed by atoms with Gasteiger partial charge < -0.3 is 10.2 Å². The van der Waals surface area contributed by atoms with Gasteiger partial charge in [-0.2, -0.15) is 0 Å². The van der Waals surface area contributed by atoms with Crippen LogP contribution in [0.1, 0.15) is 48.8 Å². The first-order chi connectivity index (χ1) is 20.0. The Hall–Kier alpha value is -2.69. The molecular weight excluding hydrogens is 682 g/mol. The number of benzene rings is 3. The third-order valence-corrected chi connectivity index (χ3v) is 10.1. The van der Waals surface area contributed by atoms with Crippen LogP contribution in [0.4, 0.5) is 5.69 Å². The first-order valence-corrected chi connectivity index (χ1v) is 17.6. The van der Waals surface area contributed by atoms with Crippen LogP contribution in [0.3, 0.4) is 0 Å². The molecule has 0 aromatic heterocycles. The van der Waals surface area contributed by atoms with E-state index in [-0.39, 0.29) is 18.5 Å². The van der Waals surface area contributed by atoms with Crippen molar-refractivity contribution in [3.05, 3.63) is 98.4 Å². The Balaban J connectivity index is 1.73. The van der Waals surface area contributed by atoms with Gasteiger partial charge >= 0.3 is 0 Å². The molecule has 0 unspecified atom stereocenters. The molecule has 3 aromatic rings. The van der Waals surface area contributed by atoms with Crippen LogP contribution in [0.25, 0.3) is 0 Å². The zero-order valence-electron chi connectivity index (χ0n) is 23.9. The number of hydrogen-bond acceptors (Lipinski definition) is 4. The molecule has 0 saturated heterocycles. The summed E-state index contributed by atoms with van der Waals surface area (Å²) >= 11 is 6.97. The highest BCUT2D eigenvalue weighted by Gasteiger charge is 2.34. The van der Waals surface area contributed by atoms with Crippen LogP contribution in [-0.2, 0) is 32.6 Å². The van der Waals surface area contributed by atoms with E-state index < -0.39 is 28.5 Å². The zero-order chi connectivity index (χ0) is 30.3. The van der Waals surface area contributed by atoms with E-state index in [1.165, 1.54) is 4.90 Å². The van der Waals surface area contributed by atoms with Gasteiger partial charge in [0.2, 0.25) is 21.8 Å². The summed E-state index contributed by atoms with van der Waals surface area (Å²) < 4.78 is 28.8. The molecule has 1 aliphatic rings. The van der Waals surface area contributed by atoms with Crippen LogP contribution in [0.15, 0.2) is 81.7 Å². The maximum atomic E-state index is 14.3. The average Bonchev–Trinajstić information content (AvgIpc) is 2.95. The summed E-state index contributed by atoms with van der Waals surface area (Å²) in [4.78, 5) is 29.8. The molecule has 0 spiro atoms. The Morgan fingerprint density at radius 2 is 1.62 bits per heavy atom. The molecule has 0 bridgehead atoms. The van der Waals surface area contributed by atoms with Gasteiger partial charge in [-0.05, 0) is 66.8 Å². The van der Waals surface area contributed by atoms with Crippen LogP contribution in [0.2, 0.25) is 0 Å². The van der Waals surface area contributed by atoms with Crippen molar-refractivity contribution in [1.29, 1.82) is 0 Å². The van der Waals surface area contributed by atoms with Crippen LogP contribution in [0, 0.1) is 6.92 Å². The highest BCUT2D eigenvalue weighted by Crippen LogP contribution is 2.26. The Morgan fingerprint density at radius 3 is 2.26 bits per heavy atom. The summed E-state index contributed by atoms with van der Waals surface area (Å²) in [5.74, 6) is -0.680. The standard InChI is InChI=1S/C32H37Br2N3O4S/c1-23-18-28(16-17-29(23)34)37(42(2,40)41)22-31(38)36(21-25-12-9-13-26(33)19-25)30(20-24-10-5-3-6-11-24)32(39)35-27-14-7-4-8-15-27/h3,5-6,9-13,16-19,27,30H,4,7-8,14-15,20-22H2,1-2H3,(H,35,39)/t30-/m0/s1. The Morgan fingerprint density at radius 1 is 0.929 bits per heavy atom. The molecular formula is C32H37Br2N3O4S. The maximum absolute atomic E-state index is 14.3. The normalized spacial score (nSPS) is 14.7. The molecule has 1 saturated carbocycles. The lowest BCUT2D eigenvalue weighted by Crippen LogP contribution is -2.55. The number of sulfonamides is 1. The molecule has 1 atom stereocenters. The smallest absolute Gasteiger partial charge is 0.244 e. The molecule has 2 amide bonds. The van der Waals surface area contributed by atoms with Gasteiger partial charge in [-0.3, -0.25) is 13.9 Å². The van der Waals surface area contributed by atoms with Crippen LogP contribution in [0.5, 0.6) is 0 Å². The fraction of sp³-hybridized carbons (Fsp3) is 0.375. The number of halogens is 2. The molecule has 7 nitrogen and oxygen atoms in total. The van der Waals surface area contributed by atoms with Crippen LogP contribution >= 0.6 is 31.9 Å². The van der Waals surface area contributed by atoms with Crippen LogP contribution in [-0.4, -0.2) is 50.0 Å². The van der Waals surface area contributed by atoms with Crippen molar-refractivity contribution in [3.8, 4) is 0 Å². The monoisotopic (exact) mass is 717 g/mol. The third kappa shape index (κ3) is 8.91. The zero-order valence-corrected chi connectivity index (χ0v) is 27.9. The Kier molecular flexibility index (Phi) is 11.3. The number of hydrogen-bond donors (Lipinski definition) is 1. The number of carbonyl (C=O) groups excluding carboxylic acids is 2. The fourth-order valence-electron chi connectivity index (χ4n) is 5.33. The predicted molar refractivity (Wildman–Crippen MR) is 175 cm³/mol. The Labute approximate surface area is 266 Å². The minimum atomic E-state index is -3.82. The second-order valence-corrected chi connectivity index (χ2v) is 14.6. The van der Waals surface area contributed by atoms with E-state index in [0.717, 1.165) is 68.3 Å². The van der Waals surface area contributed by atoms with Gasteiger partial charge in [0.15, 0.2) is 0 Å². The van der Waals surface area contributed by atoms with Gasteiger partial charge in [-0.15, -0.1) is 0 Å². The number of rotatable bonds is 11. The number of carbonyl (C=O) groups is 2. The quantitative estimate of drug-likeness (QED) is 0.250. The number of amides is 2. The second kappa shape index (κ2) is 14.7. The molecule has 1 aliphatic carbocycles. The molecule has 0 aliphatic heterocycles. The molecule has 1 fully saturated rings. The lowest BCUT2D eigenvalue weighted by Gasteiger charge is -2.35. The second-order valence-electron chi connectivity index (χ2n) is 10.9. The first-order valence-electron chi connectivity index (χ1n) is 14.1. The number of anilines is 1. The minimum absolute atomic E-state index is 0.0607. The molecule has 1 N–H and O–H groups in total. The maximum Gasteiger partial charge on any atom is 0.244 e. The number of aryl methyl sites for hydroxylation is 1. The van der Waals surface area contributed by atoms with Gasteiger partial charge in [0, 0.05) is 28.0 Å². The van der Waals surface area contributed by atoms with Crippen molar-refractivity contribution < 1.29 is 18.0 Å². The van der Waals surface area contributed by atoms with Gasteiger partial charge in [0.25, 0.3) is 0 Å². The van der Waals surface area contributed by atoms with E-state index in [1.807, 2.05) is 61.5 Å². The number of nitrogens with one attached hydrogen (secondary N) is 1. The van der Waals surface area contributed by atoms with E-state index in [4.69, 9.17) is 0 Å². The van der Waals surface area contributed by atoms with Crippen molar-refractivity contribution >= 4 is 59.4 Å². The van der Waals surface area contributed by atoms with E-state index in [0.29, 0.717) is 12.1 Å². The van der Waals surface area contributed by atoms with Crippen LogP contribution < -0.4 is 9.62 Å². The molecule has 42 heavy (non-hydrogen) atoms. The van der Waals surface area contributed by atoms with Gasteiger partial charge in [0.05, 0.1) is 11.9 Å². The summed E-state index contributed by atoms with van der Waals surface area (Å²) in [5.41, 5.74) is 2.97. The van der Waals surface area contributed by atoms with Crippen molar-refractivity contribution in [1.82, 2.24) is 10.2 Å². The molecule has 0 heterocycles. The molecule has 4 rings (SSSR count). The topological polar surface area (TPSA) is 86.8 Å². The van der Waals surface area contributed by atoms with Gasteiger partial charge in [-0.25, -0.2) is 8.42 Å². The predicted octanol–water partition coefficient (Wildman–Crippen LogP) is 6.38. The summed E-state index contributed by atoms with van der Waals surface area (Å²) in [6.07, 6.45) is 6.49. The van der Waals surface area contributed by atoms with E-state index in [2.05, 4.69) is 37.2 Å². The largest absolute Gasteiger partial charge is 0.352 e. The molecule has 0 radical (unpaired) electrons. The summed E-state index contributed by atoms with van der Waals surface area (Å²) in [6, 6.07) is 21.6. The van der Waals surface area contributed by atoms with Crippen molar-refractivity contribution in [3.63, 3.8) is 0 Å². The lowest BCUT2D eigenvalue weighted by molar-refractivity contribution is -0.140. The Bertz CT molecular complexity index is 1490. The highest BCUT2D eigenvalue weighted by molar-refractivity contribution is 9.10. The first kappa shape index (κ1) is 32.2. The minimum Gasteiger partial charge on any atom is -0.352 e. The molecule has 10 heteroatoms. The summed E-state index contributed by atoms with van der Waals surface area (Å²) in [6.45, 7) is 1.57. The lowest BCUT2D eigenvalue weighted by atomic mass is 9.94. The van der Waals surface area contributed by atoms with Crippen molar-refractivity contribution in [2.24, 2.45) is 0 Å². The van der Waals surface area contributed by atoms with E-state index in [9.17, 15) is 18.0 Å². The van der Waals surface area contributed by atoms with Gasteiger partial charge in [-0.1, -0.05) is 93.6 Å². The van der Waals surface area contributed by atoms with E-state index >= 15 is 0 Å². The molecule has 3 aromatic carbocycles. The molecule has 224 valence electrons. The third-order valence-electron chi connectivity index (χ3n) is 7.57. The summed E-state index contributed by atoms with van der Waals surface area (Å²) in [7, 11) is -3.82. The van der Waals surface area contributed by atoms with Gasteiger partial charge in [0.1, 0.15) is 12.6 Å². The van der Waals surface area contributed by atoms with Crippen molar-refractivity contribution in [2.75, 3.05) is 17.1 Å². The van der Waals surface area contributed by atoms with E-state index in [1.54, 1.807) is 18.2 Å². The van der Waals surface area contributed by atoms with Crippen molar-refractivity contribution in [2.45, 2.75) is 64.1 Å². The highest BCUT2D eigenvalue weighted by atomic mass is 79.9.